The third-order valence-electron chi connectivity index (χ3n) is 5.07. The number of carbonyl (C=O) groups is 2. The Labute approximate surface area is 182 Å². The van der Waals surface area contributed by atoms with Gasteiger partial charge in [0, 0.05) is 17.1 Å². The minimum absolute atomic E-state index is 0.0512. The first-order valence-corrected chi connectivity index (χ1v) is 10.9. The molecule has 0 radical (unpaired) electrons. The number of hydrogen-bond acceptors (Lipinski definition) is 2. The number of amides is 2. The van der Waals surface area contributed by atoms with Gasteiger partial charge in [-0.1, -0.05) is 64.3 Å². The summed E-state index contributed by atoms with van der Waals surface area (Å²) in [6.07, 6.45) is 1.13. The summed E-state index contributed by atoms with van der Waals surface area (Å²) in [5.74, 6) is -0.171. The molecule has 2 aromatic carbocycles. The number of carbonyl (C=O) groups excluding carboxylic acids is 2. The second-order valence-corrected chi connectivity index (χ2v) is 8.73. The molecule has 0 aliphatic heterocycles. The number of aryl methyl sites for hydroxylation is 2. The molecule has 1 N–H and O–H groups in total. The Morgan fingerprint density at radius 3 is 2.14 bits per heavy atom. The van der Waals surface area contributed by atoms with Gasteiger partial charge < -0.3 is 10.2 Å². The number of hydrogen-bond donors (Lipinski definition) is 1. The summed E-state index contributed by atoms with van der Waals surface area (Å²) >= 11 is 3.44. The average Bonchev–Trinajstić information content (AvgIpc) is 2.65. The van der Waals surface area contributed by atoms with Crippen molar-refractivity contribution < 1.29 is 9.59 Å². The van der Waals surface area contributed by atoms with Crippen molar-refractivity contribution in [3.05, 3.63) is 69.2 Å². The molecule has 29 heavy (non-hydrogen) atoms. The average molecular weight is 459 g/mol. The molecular formula is C24H31BrN2O2. The molecule has 0 fully saturated rings. The Balaban J connectivity index is 2.25. The SMILES string of the molecule is CC[C@H](C)NC(=O)[C@H](C)N(Cc1ccc(Br)cc1)C(=O)Cc1cc(C)cc(C)c1. The molecule has 0 saturated heterocycles. The van der Waals surface area contributed by atoms with Gasteiger partial charge in [-0.05, 0) is 57.4 Å². The maximum absolute atomic E-state index is 13.2. The zero-order valence-corrected chi connectivity index (χ0v) is 19.5. The smallest absolute Gasteiger partial charge is 0.242 e. The summed E-state index contributed by atoms with van der Waals surface area (Å²) in [5.41, 5.74) is 4.23. The molecule has 0 heterocycles. The highest BCUT2D eigenvalue weighted by molar-refractivity contribution is 9.10. The lowest BCUT2D eigenvalue weighted by Crippen LogP contribution is -2.49. The van der Waals surface area contributed by atoms with Crippen molar-refractivity contribution in [1.82, 2.24) is 10.2 Å². The van der Waals surface area contributed by atoms with Gasteiger partial charge in [0.15, 0.2) is 0 Å². The molecule has 0 aliphatic rings. The van der Waals surface area contributed by atoms with Crippen LogP contribution < -0.4 is 5.32 Å². The van der Waals surface area contributed by atoms with Crippen LogP contribution in [0.2, 0.25) is 0 Å². The molecular weight excluding hydrogens is 428 g/mol. The molecule has 2 aromatic rings. The number of nitrogens with one attached hydrogen (secondary N) is 1. The van der Waals surface area contributed by atoms with E-state index in [2.05, 4.69) is 27.3 Å². The maximum atomic E-state index is 13.2. The Hall–Kier alpha value is -2.14. The van der Waals surface area contributed by atoms with Crippen molar-refractivity contribution >= 4 is 27.7 Å². The highest BCUT2D eigenvalue weighted by atomic mass is 79.9. The molecule has 2 rings (SSSR count). The summed E-state index contributed by atoms with van der Waals surface area (Å²) in [7, 11) is 0. The topological polar surface area (TPSA) is 49.4 Å². The Kier molecular flexibility index (Phi) is 8.45. The van der Waals surface area contributed by atoms with Crippen LogP contribution in [0.3, 0.4) is 0 Å². The lowest BCUT2D eigenvalue weighted by Gasteiger charge is -2.30. The van der Waals surface area contributed by atoms with E-state index < -0.39 is 6.04 Å². The number of halogens is 1. The quantitative estimate of drug-likeness (QED) is 0.608. The van der Waals surface area contributed by atoms with Crippen molar-refractivity contribution in [2.24, 2.45) is 0 Å². The van der Waals surface area contributed by atoms with Crippen molar-refractivity contribution in [2.75, 3.05) is 0 Å². The molecule has 0 saturated carbocycles. The van der Waals surface area contributed by atoms with Crippen molar-refractivity contribution in [3.8, 4) is 0 Å². The van der Waals surface area contributed by atoms with Crippen molar-refractivity contribution in [3.63, 3.8) is 0 Å². The predicted octanol–water partition coefficient (Wildman–Crippen LogP) is 4.94. The van der Waals surface area contributed by atoms with Crippen molar-refractivity contribution in [2.45, 2.75) is 66.1 Å². The van der Waals surface area contributed by atoms with Crippen LogP contribution in [0.25, 0.3) is 0 Å². The lowest BCUT2D eigenvalue weighted by molar-refractivity contribution is -0.140. The first-order chi connectivity index (χ1) is 13.7. The van der Waals surface area contributed by atoms with Crippen LogP contribution in [0.4, 0.5) is 0 Å². The summed E-state index contributed by atoms with van der Waals surface area (Å²) in [6.45, 7) is 10.3. The summed E-state index contributed by atoms with van der Waals surface area (Å²) in [4.78, 5) is 27.7. The van der Waals surface area contributed by atoms with E-state index in [1.54, 1.807) is 11.8 Å². The van der Waals surface area contributed by atoms with E-state index in [9.17, 15) is 9.59 Å². The highest BCUT2D eigenvalue weighted by Crippen LogP contribution is 2.17. The molecule has 0 aromatic heterocycles. The van der Waals surface area contributed by atoms with Crippen LogP contribution in [0.15, 0.2) is 46.9 Å². The molecule has 2 atom stereocenters. The van der Waals surface area contributed by atoms with Gasteiger partial charge in [-0.15, -0.1) is 0 Å². The van der Waals surface area contributed by atoms with Crippen LogP contribution in [-0.4, -0.2) is 28.8 Å². The van der Waals surface area contributed by atoms with Crippen LogP contribution in [0, 0.1) is 13.8 Å². The van der Waals surface area contributed by atoms with Gasteiger partial charge in [-0.3, -0.25) is 9.59 Å². The lowest BCUT2D eigenvalue weighted by atomic mass is 10.0. The minimum atomic E-state index is -0.550. The molecule has 0 aliphatic carbocycles. The van der Waals surface area contributed by atoms with Gasteiger partial charge >= 0.3 is 0 Å². The van der Waals surface area contributed by atoms with E-state index in [0.717, 1.165) is 33.1 Å². The Morgan fingerprint density at radius 1 is 1.00 bits per heavy atom. The largest absolute Gasteiger partial charge is 0.352 e. The first-order valence-electron chi connectivity index (χ1n) is 10.1. The second-order valence-electron chi connectivity index (χ2n) is 7.81. The van der Waals surface area contributed by atoms with E-state index in [0.29, 0.717) is 6.54 Å². The zero-order valence-electron chi connectivity index (χ0n) is 18.0. The fourth-order valence-corrected chi connectivity index (χ4v) is 3.55. The zero-order chi connectivity index (χ0) is 21.6. The summed E-state index contributed by atoms with van der Waals surface area (Å²) in [5, 5.41) is 3.00. The minimum Gasteiger partial charge on any atom is -0.352 e. The fraction of sp³-hybridized carbons (Fsp3) is 0.417. The van der Waals surface area contributed by atoms with E-state index >= 15 is 0 Å². The van der Waals surface area contributed by atoms with Gasteiger partial charge in [0.1, 0.15) is 6.04 Å². The van der Waals surface area contributed by atoms with Gasteiger partial charge in [0.05, 0.1) is 6.42 Å². The second kappa shape index (κ2) is 10.6. The van der Waals surface area contributed by atoms with Crippen LogP contribution >= 0.6 is 15.9 Å². The molecule has 156 valence electrons. The van der Waals surface area contributed by atoms with E-state index in [1.165, 1.54) is 0 Å². The number of nitrogens with zero attached hydrogens (tertiary/aromatic N) is 1. The van der Waals surface area contributed by atoms with E-state index in [-0.39, 0.29) is 24.3 Å². The van der Waals surface area contributed by atoms with Crippen LogP contribution in [0.1, 0.15) is 49.4 Å². The van der Waals surface area contributed by atoms with Gasteiger partial charge in [-0.2, -0.15) is 0 Å². The first kappa shape index (κ1) is 23.1. The number of rotatable bonds is 8. The molecule has 4 nitrogen and oxygen atoms in total. The standard InChI is InChI=1S/C24H31BrN2O2/c1-6-18(4)26-24(29)19(5)27(15-20-7-9-22(25)10-8-20)23(28)14-21-12-16(2)11-17(3)13-21/h7-13,18-19H,6,14-15H2,1-5H3,(H,26,29)/t18-,19-/m0/s1. The molecule has 5 heteroatoms. The van der Waals surface area contributed by atoms with Gasteiger partial charge in [0.25, 0.3) is 0 Å². The van der Waals surface area contributed by atoms with Gasteiger partial charge in [-0.25, -0.2) is 0 Å². The van der Waals surface area contributed by atoms with E-state index in [1.807, 2.05) is 64.1 Å². The molecule has 2 amide bonds. The normalized spacial score (nSPS) is 12.9. The van der Waals surface area contributed by atoms with Crippen LogP contribution in [0.5, 0.6) is 0 Å². The highest BCUT2D eigenvalue weighted by Gasteiger charge is 2.26. The molecule has 0 unspecified atom stereocenters. The third kappa shape index (κ3) is 7.00. The predicted molar refractivity (Wildman–Crippen MR) is 122 cm³/mol. The molecule has 0 bridgehead atoms. The third-order valence-corrected chi connectivity index (χ3v) is 5.60. The van der Waals surface area contributed by atoms with Crippen molar-refractivity contribution in [1.29, 1.82) is 0 Å². The monoisotopic (exact) mass is 458 g/mol. The Morgan fingerprint density at radius 2 is 1.59 bits per heavy atom. The summed E-state index contributed by atoms with van der Waals surface area (Å²) in [6, 6.07) is 13.5. The maximum Gasteiger partial charge on any atom is 0.242 e. The van der Waals surface area contributed by atoms with Gasteiger partial charge in [0.2, 0.25) is 11.8 Å². The van der Waals surface area contributed by atoms with Crippen LogP contribution in [-0.2, 0) is 22.6 Å². The number of benzene rings is 2. The Bertz CT molecular complexity index is 828. The fourth-order valence-electron chi connectivity index (χ4n) is 3.28. The molecule has 0 spiro atoms. The summed E-state index contributed by atoms with van der Waals surface area (Å²) < 4.78 is 0.983. The van der Waals surface area contributed by atoms with E-state index in [4.69, 9.17) is 0 Å².